The van der Waals surface area contributed by atoms with E-state index in [2.05, 4.69) is 22.3 Å². The molecule has 114 valence electrons. The van der Waals surface area contributed by atoms with E-state index in [-0.39, 0.29) is 17.9 Å². The zero-order chi connectivity index (χ0) is 14.8. The van der Waals surface area contributed by atoms with Crippen LogP contribution in [-0.2, 0) is 17.6 Å². The van der Waals surface area contributed by atoms with Crippen LogP contribution in [0.4, 0.5) is 5.69 Å². The number of carbonyl (C=O) groups excluding carboxylic acids is 1. The first-order valence-corrected chi connectivity index (χ1v) is 7.94. The third-order valence-corrected chi connectivity index (χ3v) is 4.69. The molecule has 1 saturated heterocycles. The number of benzene rings is 1. The van der Waals surface area contributed by atoms with Gasteiger partial charge in [-0.1, -0.05) is 13.0 Å². The number of aliphatic hydroxyl groups is 1. The first-order valence-electron chi connectivity index (χ1n) is 7.94. The Kier molecular flexibility index (Phi) is 4.27. The highest BCUT2D eigenvalue weighted by Crippen LogP contribution is 2.25. The lowest BCUT2D eigenvalue weighted by atomic mass is 9.97. The second-order valence-corrected chi connectivity index (χ2v) is 6.45. The predicted molar refractivity (Wildman–Crippen MR) is 83.3 cm³/mol. The zero-order valence-electron chi connectivity index (χ0n) is 12.6. The number of hydrogen-bond donors (Lipinski definition) is 2. The molecule has 0 bridgehead atoms. The number of piperidine rings is 1. The van der Waals surface area contributed by atoms with Gasteiger partial charge in [0.05, 0.1) is 12.6 Å². The number of rotatable bonds is 3. The van der Waals surface area contributed by atoms with Gasteiger partial charge in [-0.3, -0.25) is 9.69 Å². The maximum absolute atomic E-state index is 12.2. The van der Waals surface area contributed by atoms with E-state index in [1.54, 1.807) is 0 Å². The summed E-state index contributed by atoms with van der Waals surface area (Å²) in [6, 6.07) is 6.25. The molecular weight excluding hydrogens is 264 g/mol. The van der Waals surface area contributed by atoms with Crippen molar-refractivity contribution in [1.82, 2.24) is 4.90 Å². The lowest BCUT2D eigenvalue weighted by Crippen LogP contribution is -2.45. The third-order valence-electron chi connectivity index (χ3n) is 4.69. The fourth-order valence-corrected chi connectivity index (χ4v) is 3.42. The minimum atomic E-state index is -0.221. The second kappa shape index (κ2) is 6.16. The van der Waals surface area contributed by atoms with Crippen LogP contribution < -0.4 is 5.32 Å². The molecule has 4 heteroatoms. The second-order valence-electron chi connectivity index (χ2n) is 6.45. The summed E-state index contributed by atoms with van der Waals surface area (Å²) in [6.07, 6.45) is 4.05. The molecular formula is C17H24N2O2. The molecule has 1 fully saturated rings. The van der Waals surface area contributed by atoms with Crippen molar-refractivity contribution in [3.05, 3.63) is 29.3 Å². The van der Waals surface area contributed by atoms with Gasteiger partial charge in [-0.25, -0.2) is 0 Å². The van der Waals surface area contributed by atoms with Crippen molar-refractivity contribution >= 4 is 11.6 Å². The Morgan fingerprint density at radius 2 is 2.19 bits per heavy atom. The van der Waals surface area contributed by atoms with Crippen LogP contribution in [0.1, 0.15) is 30.9 Å². The number of aliphatic hydroxyl groups excluding tert-OH is 1. The van der Waals surface area contributed by atoms with E-state index in [1.807, 2.05) is 13.0 Å². The molecule has 21 heavy (non-hydrogen) atoms. The van der Waals surface area contributed by atoms with Gasteiger partial charge in [-0.05, 0) is 54.9 Å². The van der Waals surface area contributed by atoms with Gasteiger partial charge < -0.3 is 10.4 Å². The van der Waals surface area contributed by atoms with Gasteiger partial charge in [-0.2, -0.15) is 0 Å². The van der Waals surface area contributed by atoms with Crippen LogP contribution in [0, 0.1) is 5.92 Å². The molecule has 1 aromatic carbocycles. The summed E-state index contributed by atoms with van der Waals surface area (Å²) in [5.74, 6) is 0.281. The molecule has 1 aliphatic carbocycles. The van der Waals surface area contributed by atoms with E-state index in [0.717, 1.165) is 38.0 Å². The minimum Gasteiger partial charge on any atom is -0.393 e. The van der Waals surface area contributed by atoms with Crippen LogP contribution in [0.25, 0.3) is 0 Å². The molecule has 0 saturated carbocycles. The quantitative estimate of drug-likeness (QED) is 0.892. The number of fused-ring (bicyclic) bond motifs is 1. The molecule has 2 unspecified atom stereocenters. The Morgan fingerprint density at radius 3 is 3.00 bits per heavy atom. The lowest BCUT2D eigenvalue weighted by molar-refractivity contribution is -0.118. The van der Waals surface area contributed by atoms with Gasteiger partial charge >= 0.3 is 0 Å². The number of anilines is 1. The smallest absolute Gasteiger partial charge is 0.238 e. The highest BCUT2D eigenvalue weighted by molar-refractivity contribution is 5.92. The van der Waals surface area contributed by atoms with Gasteiger partial charge in [0.1, 0.15) is 0 Å². The van der Waals surface area contributed by atoms with Crippen molar-refractivity contribution < 1.29 is 9.90 Å². The Morgan fingerprint density at radius 1 is 1.38 bits per heavy atom. The number of nitrogens with one attached hydrogen (secondary N) is 1. The standard InChI is InChI=1S/C17H24N2O2/c1-12-10-19(8-7-16(12)20)11-17(21)18-15-6-5-13-3-2-4-14(13)9-15/h5-6,9,12,16,20H,2-4,7-8,10-11H2,1H3,(H,18,21). The molecule has 4 nitrogen and oxygen atoms in total. The van der Waals surface area contributed by atoms with Gasteiger partial charge in [0.15, 0.2) is 0 Å². The molecule has 0 aromatic heterocycles. The fourth-order valence-electron chi connectivity index (χ4n) is 3.42. The molecule has 2 aliphatic rings. The topological polar surface area (TPSA) is 52.6 Å². The molecule has 2 atom stereocenters. The number of hydrogen-bond acceptors (Lipinski definition) is 3. The average molecular weight is 288 g/mol. The normalized spacial score (nSPS) is 25.6. The molecule has 0 radical (unpaired) electrons. The van der Waals surface area contributed by atoms with Crippen molar-refractivity contribution in [3.63, 3.8) is 0 Å². The van der Waals surface area contributed by atoms with Crippen molar-refractivity contribution in [2.75, 3.05) is 25.0 Å². The summed E-state index contributed by atoms with van der Waals surface area (Å²) in [6.45, 7) is 4.03. The Balaban J connectivity index is 1.54. The van der Waals surface area contributed by atoms with Crippen LogP contribution >= 0.6 is 0 Å². The number of aryl methyl sites for hydroxylation is 2. The third kappa shape index (κ3) is 3.44. The maximum Gasteiger partial charge on any atom is 0.238 e. The summed E-state index contributed by atoms with van der Waals surface area (Å²) in [5.41, 5.74) is 3.71. The molecule has 3 rings (SSSR count). The molecule has 2 N–H and O–H groups in total. The van der Waals surface area contributed by atoms with Crippen molar-refractivity contribution in [2.45, 2.75) is 38.7 Å². The lowest BCUT2D eigenvalue weighted by Gasteiger charge is -2.33. The monoisotopic (exact) mass is 288 g/mol. The van der Waals surface area contributed by atoms with Crippen molar-refractivity contribution in [2.24, 2.45) is 5.92 Å². The summed E-state index contributed by atoms with van der Waals surface area (Å²) in [7, 11) is 0. The van der Waals surface area contributed by atoms with Crippen molar-refractivity contribution in [1.29, 1.82) is 0 Å². The summed E-state index contributed by atoms with van der Waals surface area (Å²) >= 11 is 0. The highest BCUT2D eigenvalue weighted by atomic mass is 16.3. The summed E-state index contributed by atoms with van der Waals surface area (Å²) < 4.78 is 0. The van der Waals surface area contributed by atoms with Crippen LogP contribution in [0.3, 0.4) is 0 Å². The van der Waals surface area contributed by atoms with Crippen LogP contribution in [-0.4, -0.2) is 41.7 Å². The van der Waals surface area contributed by atoms with Gasteiger partial charge in [0.25, 0.3) is 0 Å². The zero-order valence-corrected chi connectivity index (χ0v) is 12.6. The largest absolute Gasteiger partial charge is 0.393 e. The predicted octanol–water partition coefficient (Wildman–Crippen LogP) is 1.82. The molecule has 1 heterocycles. The van der Waals surface area contributed by atoms with E-state index in [1.165, 1.54) is 17.5 Å². The van der Waals surface area contributed by atoms with E-state index in [4.69, 9.17) is 0 Å². The number of likely N-dealkylation sites (tertiary alicyclic amines) is 1. The average Bonchev–Trinajstić information content (AvgIpc) is 2.90. The van der Waals surface area contributed by atoms with Crippen LogP contribution in [0.15, 0.2) is 18.2 Å². The van der Waals surface area contributed by atoms with Crippen LogP contribution in [0.2, 0.25) is 0 Å². The maximum atomic E-state index is 12.2. The first kappa shape index (κ1) is 14.5. The number of amides is 1. The van der Waals surface area contributed by atoms with E-state index in [9.17, 15) is 9.90 Å². The van der Waals surface area contributed by atoms with Gasteiger partial charge in [0, 0.05) is 18.8 Å². The number of carbonyl (C=O) groups is 1. The SMILES string of the molecule is CC1CN(CC(=O)Nc2ccc3c(c2)CCC3)CCC1O. The van der Waals surface area contributed by atoms with E-state index in [0.29, 0.717) is 6.54 Å². The molecule has 1 amide bonds. The van der Waals surface area contributed by atoms with Gasteiger partial charge in [0.2, 0.25) is 5.91 Å². The highest BCUT2D eigenvalue weighted by Gasteiger charge is 2.25. The van der Waals surface area contributed by atoms with E-state index >= 15 is 0 Å². The Labute approximate surface area is 126 Å². The summed E-state index contributed by atoms with van der Waals surface area (Å²) in [5, 5.41) is 12.7. The Hall–Kier alpha value is -1.39. The van der Waals surface area contributed by atoms with E-state index < -0.39 is 0 Å². The Bertz CT molecular complexity index is 530. The number of nitrogens with zero attached hydrogens (tertiary/aromatic N) is 1. The molecule has 0 spiro atoms. The minimum absolute atomic E-state index is 0.0385. The van der Waals surface area contributed by atoms with Gasteiger partial charge in [-0.15, -0.1) is 0 Å². The molecule has 1 aromatic rings. The summed E-state index contributed by atoms with van der Waals surface area (Å²) in [4.78, 5) is 14.3. The molecule has 1 aliphatic heterocycles. The fraction of sp³-hybridized carbons (Fsp3) is 0.588. The van der Waals surface area contributed by atoms with Crippen molar-refractivity contribution in [3.8, 4) is 0 Å². The van der Waals surface area contributed by atoms with Crippen LogP contribution in [0.5, 0.6) is 0 Å². The first-order chi connectivity index (χ1) is 10.1.